The van der Waals surface area contributed by atoms with Crippen LogP contribution < -0.4 is 0 Å². The zero-order valence-corrected chi connectivity index (χ0v) is 11.2. The van der Waals surface area contributed by atoms with E-state index in [0.717, 1.165) is 31.0 Å². The van der Waals surface area contributed by atoms with Crippen molar-refractivity contribution < 1.29 is 9.47 Å². The van der Waals surface area contributed by atoms with E-state index in [9.17, 15) is 0 Å². The van der Waals surface area contributed by atoms with Crippen molar-refractivity contribution in [3.05, 3.63) is 11.6 Å². The third kappa shape index (κ3) is 1.96. The van der Waals surface area contributed by atoms with Crippen molar-refractivity contribution in [2.45, 2.75) is 39.9 Å². The Hall–Kier alpha value is -0.340. The normalized spacial score (nSPS) is 42.2. The van der Waals surface area contributed by atoms with Crippen molar-refractivity contribution in [1.29, 1.82) is 0 Å². The van der Waals surface area contributed by atoms with Crippen LogP contribution in [-0.2, 0) is 9.47 Å². The quantitative estimate of drug-likeness (QED) is 0.685. The van der Waals surface area contributed by atoms with Gasteiger partial charge in [0.2, 0.25) is 0 Å². The van der Waals surface area contributed by atoms with Crippen LogP contribution in [0.25, 0.3) is 0 Å². The lowest BCUT2D eigenvalue weighted by Gasteiger charge is -2.48. The number of allylic oxidation sites excluding steroid dienone is 2. The highest BCUT2D eigenvalue weighted by Crippen LogP contribution is 2.51. The molecule has 17 heavy (non-hydrogen) atoms. The molecule has 4 rings (SSSR count). The zero-order valence-electron chi connectivity index (χ0n) is 11.2. The summed E-state index contributed by atoms with van der Waals surface area (Å²) in [6, 6.07) is 0. The fraction of sp³-hybridized carbons (Fsp3) is 0.867. The molecule has 1 heterocycles. The van der Waals surface area contributed by atoms with Crippen LogP contribution in [0.15, 0.2) is 11.6 Å². The van der Waals surface area contributed by atoms with Gasteiger partial charge < -0.3 is 9.47 Å². The molecule has 3 aliphatic carbocycles. The minimum Gasteiger partial charge on any atom is -0.350 e. The minimum absolute atomic E-state index is 0.0833. The van der Waals surface area contributed by atoms with Crippen LogP contribution in [0.1, 0.15) is 33.6 Å². The molecule has 0 amide bonds. The van der Waals surface area contributed by atoms with Crippen molar-refractivity contribution in [2.75, 3.05) is 13.2 Å². The molecule has 0 aromatic heterocycles. The number of ether oxygens (including phenoxy) is 2. The highest BCUT2D eigenvalue weighted by atomic mass is 16.7. The van der Waals surface area contributed by atoms with E-state index in [1.807, 2.05) is 0 Å². The molecule has 2 nitrogen and oxygen atoms in total. The van der Waals surface area contributed by atoms with Crippen molar-refractivity contribution in [3.8, 4) is 0 Å². The SMILES string of the molecule is CC1=CC2CC(C(C)C)C1CC2C1OCCO1. The summed E-state index contributed by atoms with van der Waals surface area (Å²) >= 11 is 0. The maximum atomic E-state index is 5.72. The van der Waals surface area contributed by atoms with E-state index < -0.39 is 0 Å². The first-order valence-electron chi connectivity index (χ1n) is 7.08. The van der Waals surface area contributed by atoms with Gasteiger partial charge in [0.1, 0.15) is 0 Å². The summed E-state index contributed by atoms with van der Waals surface area (Å²) in [4.78, 5) is 0. The summed E-state index contributed by atoms with van der Waals surface area (Å²) in [6.45, 7) is 8.63. The van der Waals surface area contributed by atoms with E-state index in [1.165, 1.54) is 12.8 Å². The van der Waals surface area contributed by atoms with Crippen molar-refractivity contribution in [2.24, 2.45) is 29.6 Å². The summed E-state index contributed by atoms with van der Waals surface area (Å²) in [5.74, 6) is 3.76. The van der Waals surface area contributed by atoms with Crippen LogP contribution in [0.2, 0.25) is 0 Å². The second-order valence-electron chi connectivity index (χ2n) is 6.33. The smallest absolute Gasteiger partial charge is 0.161 e. The van der Waals surface area contributed by atoms with Crippen LogP contribution in [0.4, 0.5) is 0 Å². The third-order valence-electron chi connectivity index (χ3n) is 5.05. The first kappa shape index (κ1) is 11.7. The lowest BCUT2D eigenvalue weighted by molar-refractivity contribution is -0.118. The second-order valence-corrected chi connectivity index (χ2v) is 6.33. The van der Waals surface area contributed by atoms with Crippen LogP contribution in [0.3, 0.4) is 0 Å². The summed E-state index contributed by atoms with van der Waals surface area (Å²) in [5.41, 5.74) is 1.62. The molecule has 0 radical (unpaired) electrons. The summed E-state index contributed by atoms with van der Waals surface area (Å²) in [5, 5.41) is 0. The molecule has 2 fully saturated rings. The molecule has 1 aliphatic heterocycles. The molecule has 1 saturated heterocycles. The van der Waals surface area contributed by atoms with Gasteiger partial charge in [-0.2, -0.15) is 0 Å². The first-order valence-corrected chi connectivity index (χ1v) is 7.08. The van der Waals surface area contributed by atoms with E-state index in [0.29, 0.717) is 11.8 Å². The molecular formula is C15H24O2. The van der Waals surface area contributed by atoms with Gasteiger partial charge in [-0.1, -0.05) is 25.5 Å². The summed E-state index contributed by atoms with van der Waals surface area (Å²) in [7, 11) is 0. The number of fused-ring (bicyclic) bond motifs is 2. The highest BCUT2D eigenvalue weighted by molar-refractivity contribution is 5.18. The second kappa shape index (κ2) is 4.40. The van der Waals surface area contributed by atoms with E-state index in [4.69, 9.17) is 9.47 Å². The van der Waals surface area contributed by atoms with Gasteiger partial charge in [0, 0.05) is 5.92 Å². The first-order chi connectivity index (χ1) is 8.16. The molecule has 2 heteroatoms. The standard InChI is InChI=1S/C15H24O2/c1-9(2)12-7-11-6-10(3)13(12)8-14(11)15-16-4-5-17-15/h6,9,11-15H,4-5,7-8H2,1-3H3. The average molecular weight is 236 g/mol. The Morgan fingerprint density at radius 2 is 1.88 bits per heavy atom. The summed E-state index contributed by atoms with van der Waals surface area (Å²) < 4.78 is 11.4. The van der Waals surface area contributed by atoms with Crippen LogP contribution in [0, 0.1) is 29.6 Å². The van der Waals surface area contributed by atoms with E-state index in [2.05, 4.69) is 26.8 Å². The zero-order chi connectivity index (χ0) is 12.0. The van der Waals surface area contributed by atoms with Gasteiger partial charge >= 0.3 is 0 Å². The fourth-order valence-electron chi connectivity index (χ4n) is 4.15. The molecule has 2 bridgehead atoms. The Balaban J connectivity index is 1.78. The number of rotatable bonds is 2. The van der Waals surface area contributed by atoms with E-state index in [-0.39, 0.29) is 6.29 Å². The fourth-order valence-corrected chi connectivity index (χ4v) is 4.15. The molecule has 0 spiro atoms. The van der Waals surface area contributed by atoms with Gasteiger partial charge in [-0.05, 0) is 43.4 Å². The maximum absolute atomic E-state index is 5.72. The van der Waals surface area contributed by atoms with Crippen LogP contribution >= 0.6 is 0 Å². The lowest BCUT2D eigenvalue weighted by atomic mass is 9.58. The Kier molecular flexibility index (Phi) is 3.04. The van der Waals surface area contributed by atoms with Gasteiger partial charge in [0.25, 0.3) is 0 Å². The lowest BCUT2D eigenvalue weighted by Crippen LogP contribution is -2.43. The molecule has 0 aromatic rings. The average Bonchev–Trinajstić information content (AvgIpc) is 2.81. The minimum atomic E-state index is 0.0833. The highest BCUT2D eigenvalue weighted by Gasteiger charge is 2.46. The Labute approximate surface area is 104 Å². The van der Waals surface area contributed by atoms with Crippen LogP contribution in [-0.4, -0.2) is 19.5 Å². The van der Waals surface area contributed by atoms with Crippen molar-refractivity contribution in [3.63, 3.8) is 0 Å². The number of hydrogen-bond donors (Lipinski definition) is 0. The molecule has 0 N–H and O–H groups in total. The van der Waals surface area contributed by atoms with E-state index in [1.54, 1.807) is 5.57 Å². The van der Waals surface area contributed by atoms with Crippen molar-refractivity contribution >= 4 is 0 Å². The maximum Gasteiger partial charge on any atom is 0.161 e. The number of hydrogen-bond acceptors (Lipinski definition) is 2. The molecule has 0 aromatic carbocycles. The third-order valence-corrected chi connectivity index (χ3v) is 5.05. The van der Waals surface area contributed by atoms with Gasteiger partial charge in [-0.3, -0.25) is 0 Å². The van der Waals surface area contributed by atoms with Gasteiger partial charge in [0.15, 0.2) is 6.29 Å². The predicted octanol–water partition coefficient (Wildman–Crippen LogP) is 3.23. The molecule has 4 unspecified atom stereocenters. The Bertz CT molecular complexity index is 315. The molecule has 4 aliphatic rings. The van der Waals surface area contributed by atoms with Gasteiger partial charge in [0.05, 0.1) is 13.2 Å². The molecule has 96 valence electrons. The van der Waals surface area contributed by atoms with Crippen molar-refractivity contribution in [1.82, 2.24) is 0 Å². The Morgan fingerprint density at radius 3 is 2.47 bits per heavy atom. The van der Waals surface area contributed by atoms with Gasteiger partial charge in [-0.15, -0.1) is 0 Å². The predicted molar refractivity (Wildman–Crippen MR) is 67.5 cm³/mol. The van der Waals surface area contributed by atoms with E-state index >= 15 is 0 Å². The monoisotopic (exact) mass is 236 g/mol. The molecule has 4 atom stereocenters. The largest absolute Gasteiger partial charge is 0.350 e. The molecule has 1 saturated carbocycles. The topological polar surface area (TPSA) is 18.5 Å². The van der Waals surface area contributed by atoms with Crippen LogP contribution in [0.5, 0.6) is 0 Å². The summed E-state index contributed by atoms with van der Waals surface area (Å²) in [6.07, 6.45) is 5.21. The van der Waals surface area contributed by atoms with Gasteiger partial charge in [-0.25, -0.2) is 0 Å². The molecular weight excluding hydrogens is 212 g/mol. The Morgan fingerprint density at radius 1 is 1.18 bits per heavy atom.